The molecular weight excluding hydrogens is 253 g/mol. The number of methoxy groups -OCH3 is 1. The predicted molar refractivity (Wildman–Crippen MR) is 80.9 cm³/mol. The van der Waals surface area contributed by atoms with Crippen LogP contribution in [-0.2, 0) is 0 Å². The summed E-state index contributed by atoms with van der Waals surface area (Å²) in [6.45, 7) is 6.01. The number of ether oxygens (including phenoxy) is 1. The van der Waals surface area contributed by atoms with Gasteiger partial charge in [-0.3, -0.25) is 0 Å². The van der Waals surface area contributed by atoms with Gasteiger partial charge in [-0.25, -0.2) is 4.39 Å². The molecule has 2 aromatic rings. The van der Waals surface area contributed by atoms with Crippen LogP contribution in [-0.4, -0.2) is 7.11 Å². The van der Waals surface area contributed by atoms with Crippen LogP contribution in [0.2, 0.25) is 0 Å². The van der Waals surface area contributed by atoms with Crippen molar-refractivity contribution >= 4 is 5.69 Å². The number of hydrogen-bond acceptors (Lipinski definition) is 2. The number of hydrogen-bond donors (Lipinski definition) is 1. The van der Waals surface area contributed by atoms with Crippen LogP contribution in [0.25, 0.3) is 0 Å². The Morgan fingerprint density at radius 2 is 1.90 bits per heavy atom. The first-order valence-electron chi connectivity index (χ1n) is 6.69. The first-order valence-corrected chi connectivity index (χ1v) is 6.69. The quantitative estimate of drug-likeness (QED) is 0.877. The van der Waals surface area contributed by atoms with Gasteiger partial charge >= 0.3 is 0 Å². The fraction of sp³-hybridized carbons (Fsp3) is 0.294. The molecule has 2 rings (SSSR count). The van der Waals surface area contributed by atoms with Gasteiger partial charge in [0.05, 0.1) is 18.7 Å². The summed E-state index contributed by atoms with van der Waals surface area (Å²) < 4.78 is 19.3. The molecule has 0 saturated heterocycles. The Bertz CT molecular complexity index is 610. The molecule has 2 nitrogen and oxygen atoms in total. The first-order chi connectivity index (χ1) is 9.52. The average Bonchev–Trinajstić information content (AvgIpc) is 2.42. The van der Waals surface area contributed by atoms with E-state index in [1.807, 2.05) is 20.8 Å². The van der Waals surface area contributed by atoms with Crippen molar-refractivity contribution in [2.45, 2.75) is 26.8 Å². The van der Waals surface area contributed by atoms with Gasteiger partial charge in [0.25, 0.3) is 0 Å². The van der Waals surface area contributed by atoms with E-state index in [-0.39, 0.29) is 11.9 Å². The summed E-state index contributed by atoms with van der Waals surface area (Å²) >= 11 is 0. The van der Waals surface area contributed by atoms with E-state index in [2.05, 4.69) is 23.5 Å². The lowest BCUT2D eigenvalue weighted by atomic mass is 10.0. The molecule has 3 heteroatoms. The molecule has 0 saturated carbocycles. The Labute approximate surface area is 119 Å². The zero-order valence-electron chi connectivity index (χ0n) is 12.3. The maximum atomic E-state index is 14.1. The van der Waals surface area contributed by atoms with Gasteiger partial charge in [0.1, 0.15) is 11.6 Å². The lowest BCUT2D eigenvalue weighted by Crippen LogP contribution is -2.11. The third-order valence-electron chi connectivity index (χ3n) is 3.43. The average molecular weight is 273 g/mol. The SMILES string of the molecule is COc1cccc(F)c1C(C)Nc1cc(C)ccc1C. The molecule has 20 heavy (non-hydrogen) atoms. The molecule has 0 aromatic heterocycles. The minimum Gasteiger partial charge on any atom is -0.496 e. The third-order valence-corrected chi connectivity index (χ3v) is 3.43. The molecule has 2 aromatic carbocycles. The summed E-state index contributed by atoms with van der Waals surface area (Å²) in [6, 6.07) is 10.9. The van der Waals surface area contributed by atoms with E-state index in [1.54, 1.807) is 19.2 Å². The highest BCUT2D eigenvalue weighted by molar-refractivity contribution is 5.54. The minimum atomic E-state index is -0.255. The Hall–Kier alpha value is -2.03. The summed E-state index contributed by atoms with van der Waals surface area (Å²) in [7, 11) is 1.56. The highest BCUT2D eigenvalue weighted by atomic mass is 19.1. The van der Waals surface area contributed by atoms with Gasteiger partial charge in [-0.2, -0.15) is 0 Å². The van der Waals surface area contributed by atoms with E-state index < -0.39 is 0 Å². The highest BCUT2D eigenvalue weighted by Gasteiger charge is 2.16. The molecule has 0 aliphatic heterocycles. The van der Waals surface area contributed by atoms with Crippen molar-refractivity contribution in [3.8, 4) is 5.75 Å². The molecule has 1 unspecified atom stereocenters. The van der Waals surface area contributed by atoms with Crippen LogP contribution in [0.5, 0.6) is 5.75 Å². The van der Waals surface area contributed by atoms with Crippen molar-refractivity contribution in [3.05, 3.63) is 58.9 Å². The summed E-state index contributed by atoms with van der Waals surface area (Å²) in [5, 5.41) is 3.36. The normalized spacial score (nSPS) is 12.1. The van der Waals surface area contributed by atoms with Crippen molar-refractivity contribution in [3.63, 3.8) is 0 Å². The largest absolute Gasteiger partial charge is 0.496 e. The van der Waals surface area contributed by atoms with Crippen molar-refractivity contribution < 1.29 is 9.13 Å². The molecule has 0 fully saturated rings. The number of halogens is 1. The van der Waals surface area contributed by atoms with E-state index in [0.717, 1.165) is 11.3 Å². The summed E-state index contributed by atoms with van der Waals surface area (Å²) in [6.07, 6.45) is 0. The van der Waals surface area contributed by atoms with Crippen molar-refractivity contribution in [1.29, 1.82) is 0 Å². The van der Waals surface area contributed by atoms with E-state index in [1.165, 1.54) is 11.6 Å². The van der Waals surface area contributed by atoms with Gasteiger partial charge in [-0.1, -0.05) is 18.2 Å². The molecule has 1 atom stereocenters. The molecule has 106 valence electrons. The third kappa shape index (κ3) is 2.93. The Morgan fingerprint density at radius 1 is 1.15 bits per heavy atom. The van der Waals surface area contributed by atoms with Crippen LogP contribution >= 0.6 is 0 Å². The van der Waals surface area contributed by atoms with Crippen molar-refractivity contribution in [2.24, 2.45) is 0 Å². The fourth-order valence-electron chi connectivity index (χ4n) is 2.31. The molecular formula is C17H20FNO. The zero-order chi connectivity index (χ0) is 14.7. The van der Waals surface area contributed by atoms with E-state index in [9.17, 15) is 4.39 Å². The molecule has 0 aliphatic rings. The smallest absolute Gasteiger partial charge is 0.132 e. The van der Waals surface area contributed by atoms with Crippen molar-refractivity contribution in [2.75, 3.05) is 12.4 Å². The molecule has 0 radical (unpaired) electrons. The van der Waals surface area contributed by atoms with E-state index in [0.29, 0.717) is 11.3 Å². The van der Waals surface area contributed by atoms with Crippen LogP contribution in [0.1, 0.15) is 29.7 Å². The second-order valence-electron chi connectivity index (χ2n) is 5.04. The minimum absolute atomic E-state index is 0.174. The lowest BCUT2D eigenvalue weighted by molar-refractivity contribution is 0.402. The van der Waals surface area contributed by atoms with Gasteiger partial charge < -0.3 is 10.1 Å². The molecule has 0 heterocycles. The van der Waals surface area contributed by atoms with Gasteiger partial charge in [0.15, 0.2) is 0 Å². The van der Waals surface area contributed by atoms with E-state index in [4.69, 9.17) is 4.74 Å². The van der Waals surface area contributed by atoms with Gasteiger partial charge in [-0.05, 0) is 50.1 Å². The second-order valence-corrected chi connectivity index (χ2v) is 5.04. The maximum Gasteiger partial charge on any atom is 0.132 e. The first kappa shape index (κ1) is 14.4. The van der Waals surface area contributed by atoms with Crippen LogP contribution < -0.4 is 10.1 Å². The highest BCUT2D eigenvalue weighted by Crippen LogP contribution is 2.31. The van der Waals surface area contributed by atoms with Gasteiger partial charge in [0, 0.05) is 5.69 Å². The predicted octanol–water partition coefficient (Wildman–Crippen LogP) is 4.62. The summed E-state index contributed by atoms with van der Waals surface area (Å²) in [4.78, 5) is 0. The lowest BCUT2D eigenvalue weighted by Gasteiger charge is -2.20. The second kappa shape index (κ2) is 5.95. The molecule has 0 amide bonds. The monoisotopic (exact) mass is 273 g/mol. The standard InChI is InChI=1S/C17H20FNO/c1-11-8-9-12(2)15(10-11)19-13(3)17-14(18)6-5-7-16(17)20-4/h5-10,13,19H,1-4H3. The zero-order valence-corrected chi connectivity index (χ0v) is 12.3. The van der Waals surface area contributed by atoms with Gasteiger partial charge in [0.2, 0.25) is 0 Å². The van der Waals surface area contributed by atoms with Crippen LogP contribution in [0.4, 0.5) is 10.1 Å². The Balaban J connectivity index is 2.33. The molecule has 1 N–H and O–H groups in total. The maximum absolute atomic E-state index is 14.1. The molecule has 0 bridgehead atoms. The molecule has 0 spiro atoms. The summed E-state index contributed by atoms with van der Waals surface area (Å²) in [5.41, 5.74) is 3.88. The number of benzene rings is 2. The number of aryl methyl sites for hydroxylation is 2. The Kier molecular flexibility index (Phi) is 4.28. The number of rotatable bonds is 4. The number of anilines is 1. The Morgan fingerprint density at radius 3 is 2.60 bits per heavy atom. The topological polar surface area (TPSA) is 21.3 Å². The van der Waals surface area contributed by atoms with Crippen LogP contribution in [0, 0.1) is 19.7 Å². The van der Waals surface area contributed by atoms with Gasteiger partial charge in [-0.15, -0.1) is 0 Å². The fourth-order valence-corrected chi connectivity index (χ4v) is 2.31. The van der Waals surface area contributed by atoms with E-state index >= 15 is 0 Å². The van der Waals surface area contributed by atoms with Crippen LogP contribution in [0.15, 0.2) is 36.4 Å². The van der Waals surface area contributed by atoms with Crippen LogP contribution in [0.3, 0.4) is 0 Å². The van der Waals surface area contributed by atoms with Crippen molar-refractivity contribution in [1.82, 2.24) is 0 Å². The summed E-state index contributed by atoms with van der Waals surface area (Å²) in [5.74, 6) is 0.310. The molecule has 0 aliphatic carbocycles. The number of nitrogens with one attached hydrogen (secondary N) is 1.